The Morgan fingerprint density at radius 1 is 1.21 bits per heavy atom. The first-order valence-corrected chi connectivity index (χ1v) is 6.45. The summed E-state index contributed by atoms with van der Waals surface area (Å²) < 4.78 is 11.3. The monoisotopic (exact) mass is 253 g/mol. The molecule has 4 rings (SSSR count). The van der Waals surface area contributed by atoms with Crippen molar-refractivity contribution in [3.8, 4) is 0 Å². The average Bonchev–Trinajstić information content (AvgIpc) is 3.00. The van der Waals surface area contributed by atoms with Gasteiger partial charge in [0.1, 0.15) is 6.20 Å². The van der Waals surface area contributed by atoms with Crippen molar-refractivity contribution in [1.29, 1.82) is 0 Å². The van der Waals surface area contributed by atoms with Crippen LogP contribution in [0, 0.1) is 12.1 Å². The molecule has 0 bridgehead atoms. The molecule has 1 fully saturated rings. The lowest BCUT2D eigenvalue weighted by atomic mass is 10.2. The molecule has 1 aliphatic heterocycles. The number of rotatable bonds is 3. The third-order valence-electron chi connectivity index (χ3n) is 3.43. The van der Waals surface area contributed by atoms with E-state index in [2.05, 4.69) is 28.2 Å². The van der Waals surface area contributed by atoms with Crippen LogP contribution in [0.25, 0.3) is 5.76 Å². The van der Waals surface area contributed by atoms with Crippen LogP contribution >= 0.6 is 0 Å². The van der Waals surface area contributed by atoms with Gasteiger partial charge in [-0.15, -0.1) is 0 Å². The number of nitrogens with zero attached hydrogens (tertiary/aromatic N) is 2. The van der Waals surface area contributed by atoms with Gasteiger partial charge in [-0.2, -0.15) is 0 Å². The SMILES string of the molecule is [C]1=C(c2cnco2)OC(C2CC2)N1c1ccccc1. The first-order chi connectivity index (χ1) is 9.42. The second kappa shape index (κ2) is 4.16. The molecule has 0 saturated heterocycles. The fraction of sp³-hybridized carbons (Fsp3) is 0.267. The number of para-hydroxylation sites is 1. The highest BCUT2D eigenvalue weighted by molar-refractivity contribution is 5.62. The molecule has 2 aliphatic rings. The zero-order chi connectivity index (χ0) is 12.7. The summed E-state index contributed by atoms with van der Waals surface area (Å²) in [5.74, 6) is 1.84. The summed E-state index contributed by atoms with van der Waals surface area (Å²) in [6.45, 7) is 0. The molecule has 1 saturated carbocycles. The van der Waals surface area contributed by atoms with Crippen LogP contribution in [0.2, 0.25) is 0 Å². The van der Waals surface area contributed by atoms with Gasteiger partial charge in [0.15, 0.2) is 24.1 Å². The molecule has 0 amide bonds. The Bertz CT molecular complexity index is 588. The Hall–Kier alpha value is -2.23. The highest BCUT2D eigenvalue weighted by Crippen LogP contribution is 2.42. The second-order valence-corrected chi connectivity index (χ2v) is 4.86. The fourth-order valence-corrected chi connectivity index (χ4v) is 2.30. The summed E-state index contributed by atoms with van der Waals surface area (Å²) >= 11 is 0. The minimum atomic E-state index is 0.0301. The number of ether oxygens (including phenoxy) is 1. The molecule has 0 N–H and O–H groups in total. The topological polar surface area (TPSA) is 38.5 Å². The molecule has 0 spiro atoms. The Morgan fingerprint density at radius 2 is 2.05 bits per heavy atom. The lowest BCUT2D eigenvalue weighted by Gasteiger charge is -2.23. The highest BCUT2D eigenvalue weighted by atomic mass is 16.5. The van der Waals surface area contributed by atoms with Gasteiger partial charge in [-0.3, -0.25) is 4.90 Å². The van der Waals surface area contributed by atoms with Crippen LogP contribution in [-0.2, 0) is 4.74 Å². The van der Waals surface area contributed by atoms with Crippen molar-refractivity contribution in [3.05, 3.63) is 54.9 Å². The van der Waals surface area contributed by atoms with E-state index in [9.17, 15) is 0 Å². The summed E-state index contributed by atoms with van der Waals surface area (Å²) in [4.78, 5) is 5.99. The van der Waals surface area contributed by atoms with E-state index in [-0.39, 0.29) is 6.23 Å². The maximum Gasteiger partial charge on any atom is 0.192 e. The van der Waals surface area contributed by atoms with E-state index in [1.807, 2.05) is 18.2 Å². The van der Waals surface area contributed by atoms with Crippen molar-refractivity contribution in [2.24, 2.45) is 5.92 Å². The highest BCUT2D eigenvalue weighted by Gasteiger charge is 2.41. The van der Waals surface area contributed by atoms with Crippen LogP contribution < -0.4 is 4.90 Å². The molecule has 1 radical (unpaired) electrons. The van der Waals surface area contributed by atoms with Crippen LogP contribution in [0.15, 0.2) is 47.3 Å². The lowest BCUT2D eigenvalue weighted by molar-refractivity contribution is 0.165. The molecular formula is C15H13N2O2. The minimum absolute atomic E-state index is 0.0301. The smallest absolute Gasteiger partial charge is 0.192 e. The third-order valence-corrected chi connectivity index (χ3v) is 3.43. The van der Waals surface area contributed by atoms with Crippen molar-refractivity contribution >= 4 is 11.4 Å². The molecule has 1 aromatic carbocycles. The molecule has 2 heterocycles. The molecular weight excluding hydrogens is 240 g/mol. The molecule has 19 heavy (non-hydrogen) atoms. The summed E-state index contributed by atoms with van der Waals surface area (Å²) in [5.41, 5.74) is 1.09. The van der Waals surface area contributed by atoms with Crippen molar-refractivity contribution in [3.63, 3.8) is 0 Å². The molecule has 1 unspecified atom stereocenters. The largest absolute Gasteiger partial charge is 0.464 e. The van der Waals surface area contributed by atoms with E-state index in [0.29, 0.717) is 17.4 Å². The fourth-order valence-electron chi connectivity index (χ4n) is 2.30. The number of benzene rings is 1. The molecule has 95 valence electrons. The van der Waals surface area contributed by atoms with Crippen LogP contribution in [0.4, 0.5) is 5.69 Å². The van der Waals surface area contributed by atoms with Gasteiger partial charge in [-0.1, -0.05) is 18.2 Å². The zero-order valence-corrected chi connectivity index (χ0v) is 10.3. The van der Waals surface area contributed by atoms with Gasteiger partial charge in [-0.25, -0.2) is 4.98 Å². The molecule has 2 aromatic rings. The van der Waals surface area contributed by atoms with Gasteiger partial charge in [-0.05, 0) is 25.0 Å². The number of anilines is 1. The van der Waals surface area contributed by atoms with E-state index >= 15 is 0 Å². The Kier molecular flexibility index (Phi) is 2.33. The molecule has 4 nitrogen and oxygen atoms in total. The van der Waals surface area contributed by atoms with E-state index in [0.717, 1.165) is 5.69 Å². The Morgan fingerprint density at radius 3 is 2.74 bits per heavy atom. The molecule has 1 atom stereocenters. The van der Waals surface area contributed by atoms with Crippen molar-refractivity contribution in [2.45, 2.75) is 19.1 Å². The van der Waals surface area contributed by atoms with Crippen LogP contribution in [-0.4, -0.2) is 11.2 Å². The average molecular weight is 253 g/mol. The van der Waals surface area contributed by atoms with Gasteiger partial charge < -0.3 is 9.15 Å². The summed E-state index contributed by atoms with van der Waals surface area (Å²) in [6.07, 6.45) is 8.78. The molecule has 1 aliphatic carbocycles. The normalized spacial score (nSPS) is 22.2. The standard InChI is InChI=1S/C15H13N2O2/c1-2-4-12(5-3-1)17-9-14(13-8-16-10-18-13)19-15(17)11-6-7-11/h1-5,8,10-11,15H,6-7H2. The number of hydrogen-bond acceptors (Lipinski definition) is 4. The van der Waals surface area contributed by atoms with Gasteiger partial charge in [0.25, 0.3) is 0 Å². The van der Waals surface area contributed by atoms with Gasteiger partial charge in [0, 0.05) is 11.6 Å². The molecule has 4 heteroatoms. The van der Waals surface area contributed by atoms with E-state index in [1.165, 1.54) is 19.2 Å². The van der Waals surface area contributed by atoms with E-state index < -0.39 is 0 Å². The predicted octanol–water partition coefficient (Wildman–Crippen LogP) is 3.05. The first kappa shape index (κ1) is 10.7. The third kappa shape index (κ3) is 1.89. The Labute approximate surface area is 111 Å². The summed E-state index contributed by atoms with van der Waals surface area (Å²) in [5, 5.41) is 0. The summed E-state index contributed by atoms with van der Waals surface area (Å²) in [6, 6.07) is 10.2. The zero-order valence-electron chi connectivity index (χ0n) is 10.3. The van der Waals surface area contributed by atoms with Crippen LogP contribution in [0.5, 0.6) is 0 Å². The summed E-state index contributed by atoms with van der Waals surface area (Å²) in [7, 11) is 0. The maximum absolute atomic E-state index is 5.99. The van der Waals surface area contributed by atoms with Crippen molar-refractivity contribution < 1.29 is 9.15 Å². The van der Waals surface area contributed by atoms with E-state index in [4.69, 9.17) is 9.15 Å². The predicted molar refractivity (Wildman–Crippen MR) is 69.7 cm³/mol. The maximum atomic E-state index is 5.99. The first-order valence-electron chi connectivity index (χ1n) is 6.45. The van der Waals surface area contributed by atoms with E-state index in [1.54, 1.807) is 6.20 Å². The van der Waals surface area contributed by atoms with Gasteiger partial charge in [0.05, 0.1) is 6.20 Å². The molecule has 1 aromatic heterocycles. The van der Waals surface area contributed by atoms with Crippen LogP contribution in [0.1, 0.15) is 18.6 Å². The lowest BCUT2D eigenvalue weighted by Crippen LogP contribution is -2.29. The minimum Gasteiger partial charge on any atom is -0.464 e. The number of oxazole rings is 1. The number of hydrogen-bond donors (Lipinski definition) is 0. The van der Waals surface area contributed by atoms with Crippen LogP contribution in [0.3, 0.4) is 0 Å². The van der Waals surface area contributed by atoms with Gasteiger partial charge >= 0.3 is 0 Å². The number of aromatic nitrogens is 1. The van der Waals surface area contributed by atoms with Crippen molar-refractivity contribution in [1.82, 2.24) is 4.98 Å². The quantitative estimate of drug-likeness (QED) is 0.842. The van der Waals surface area contributed by atoms with Crippen molar-refractivity contribution in [2.75, 3.05) is 4.90 Å². The van der Waals surface area contributed by atoms with Gasteiger partial charge in [0.2, 0.25) is 0 Å². The second-order valence-electron chi connectivity index (χ2n) is 4.86. The Balaban J connectivity index is 1.69.